The van der Waals surface area contributed by atoms with Crippen molar-refractivity contribution in [3.05, 3.63) is 77.7 Å². The van der Waals surface area contributed by atoms with Crippen LogP contribution >= 0.6 is 11.6 Å². The molecule has 0 spiro atoms. The molecule has 160 valence electrons. The predicted molar refractivity (Wildman–Crippen MR) is 119 cm³/mol. The molecule has 0 atom stereocenters. The van der Waals surface area contributed by atoms with Crippen molar-refractivity contribution in [3.8, 4) is 11.5 Å². The molecule has 1 saturated heterocycles. The average Bonchev–Trinajstić information content (AvgIpc) is 3.29. The Balaban J connectivity index is 1.32. The van der Waals surface area contributed by atoms with Crippen LogP contribution in [-0.4, -0.2) is 40.2 Å². The van der Waals surface area contributed by atoms with Gasteiger partial charge in [0.05, 0.1) is 6.42 Å². The van der Waals surface area contributed by atoms with Crippen LogP contribution in [0.5, 0.6) is 0 Å². The zero-order chi connectivity index (χ0) is 21.6. The molecule has 2 heterocycles. The van der Waals surface area contributed by atoms with Gasteiger partial charge < -0.3 is 14.6 Å². The minimum Gasteiger partial charge on any atom is -0.444 e. The fourth-order valence-corrected chi connectivity index (χ4v) is 3.72. The van der Waals surface area contributed by atoms with Crippen molar-refractivity contribution in [1.82, 2.24) is 15.2 Å². The molecule has 0 radical (unpaired) electrons. The first kappa shape index (κ1) is 21.1. The van der Waals surface area contributed by atoms with Crippen LogP contribution in [0.1, 0.15) is 34.5 Å². The molecule has 1 aliphatic heterocycles. The second kappa shape index (κ2) is 9.79. The first-order valence-electron chi connectivity index (χ1n) is 10.4. The number of halogens is 1. The minimum absolute atomic E-state index is 0.0238. The Morgan fingerprint density at radius 2 is 1.74 bits per heavy atom. The summed E-state index contributed by atoms with van der Waals surface area (Å²) in [6, 6.07) is 17.2. The number of carbonyl (C=O) groups excluding carboxylic acids is 2. The van der Waals surface area contributed by atoms with E-state index in [0.29, 0.717) is 37.6 Å². The SMILES string of the molecule is O=C(Cc1ccccc1)NCc1ccc(-c2nc(C(=O)N3CCC(Cl)CC3)co2)cc1. The highest BCUT2D eigenvalue weighted by molar-refractivity contribution is 6.20. The number of likely N-dealkylation sites (tertiary alicyclic amines) is 1. The lowest BCUT2D eigenvalue weighted by molar-refractivity contribution is -0.120. The van der Waals surface area contributed by atoms with Crippen molar-refractivity contribution in [2.75, 3.05) is 13.1 Å². The minimum atomic E-state index is -0.128. The van der Waals surface area contributed by atoms with E-state index in [-0.39, 0.29) is 17.2 Å². The topological polar surface area (TPSA) is 75.4 Å². The summed E-state index contributed by atoms with van der Waals surface area (Å²) in [6.45, 7) is 1.72. The van der Waals surface area contributed by atoms with Crippen LogP contribution in [0.3, 0.4) is 0 Å². The molecule has 31 heavy (non-hydrogen) atoms. The fraction of sp³-hybridized carbons (Fsp3) is 0.292. The van der Waals surface area contributed by atoms with E-state index in [1.165, 1.54) is 6.26 Å². The monoisotopic (exact) mass is 437 g/mol. The first-order chi connectivity index (χ1) is 15.1. The highest BCUT2D eigenvalue weighted by atomic mass is 35.5. The van der Waals surface area contributed by atoms with Gasteiger partial charge in [-0.3, -0.25) is 9.59 Å². The summed E-state index contributed by atoms with van der Waals surface area (Å²) >= 11 is 6.11. The third-order valence-corrected chi connectivity index (χ3v) is 5.77. The van der Waals surface area contributed by atoms with E-state index in [2.05, 4.69) is 10.3 Å². The maximum Gasteiger partial charge on any atom is 0.275 e. The first-order valence-corrected chi connectivity index (χ1v) is 10.8. The van der Waals surface area contributed by atoms with Crippen LogP contribution in [-0.2, 0) is 17.8 Å². The number of aromatic nitrogens is 1. The zero-order valence-electron chi connectivity index (χ0n) is 17.1. The van der Waals surface area contributed by atoms with Crippen LogP contribution < -0.4 is 5.32 Å². The smallest absolute Gasteiger partial charge is 0.275 e. The van der Waals surface area contributed by atoms with Crippen LogP contribution in [0.25, 0.3) is 11.5 Å². The molecule has 2 aromatic carbocycles. The number of rotatable bonds is 6. The lowest BCUT2D eigenvalue weighted by atomic mass is 10.1. The Hall–Kier alpha value is -3.12. The Morgan fingerprint density at radius 1 is 1.03 bits per heavy atom. The van der Waals surface area contributed by atoms with E-state index >= 15 is 0 Å². The Bertz CT molecular complexity index is 1030. The van der Waals surface area contributed by atoms with Crippen molar-refractivity contribution in [3.63, 3.8) is 0 Å². The molecule has 0 saturated carbocycles. The number of piperidine rings is 1. The van der Waals surface area contributed by atoms with Gasteiger partial charge in [0.1, 0.15) is 6.26 Å². The van der Waals surface area contributed by atoms with Crippen molar-refractivity contribution >= 4 is 23.4 Å². The molecule has 6 nitrogen and oxygen atoms in total. The predicted octanol–water partition coefficient (Wildman–Crippen LogP) is 4.04. The van der Waals surface area contributed by atoms with E-state index in [9.17, 15) is 9.59 Å². The highest BCUT2D eigenvalue weighted by Crippen LogP contribution is 2.22. The van der Waals surface area contributed by atoms with E-state index in [1.54, 1.807) is 4.90 Å². The molecule has 1 aliphatic rings. The van der Waals surface area contributed by atoms with Crippen molar-refractivity contribution in [2.24, 2.45) is 0 Å². The standard InChI is InChI=1S/C24H24ClN3O3/c25-20-10-12-28(13-11-20)24(30)21-16-31-23(27-21)19-8-6-18(7-9-19)15-26-22(29)14-17-4-2-1-3-5-17/h1-9,16,20H,10-15H2,(H,26,29). The van der Waals surface area contributed by atoms with Crippen molar-refractivity contribution < 1.29 is 14.0 Å². The molecular weight excluding hydrogens is 414 g/mol. The van der Waals surface area contributed by atoms with E-state index < -0.39 is 0 Å². The number of nitrogens with one attached hydrogen (secondary N) is 1. The maximum absolute atomic E-state index is 12.6. The second-order valence-electron chi connectivity index (χ2n) is 7.64. The maximum atomic E-state index is 12.6. The quantitative estimate of drug-likeness (QED) is 0.590. The van der Waals surface area contributed by atoms with Gasteiger partial charge in [0.2, 0.25) is 11.8 Å². The summed E-state index contributed by atoms with van der Waals surface area (Å²) in [5, 5.41) is 3.07. The van der Waals surface area contributed by atoms with Crippen LogP contribution in [0.4, 0.5) is 0 Å². The van der Waals surface area contributed by atoms with Gasteiger partial charge in [-0.2, -0.15) is 0 Å². The molecule has 4 rings (SSSR count). The molecule has 0 aliphatic carbocycles. The third-order valence-electron chi connectivity index (χ3n) is 5.33. The van der Waals surface area contributed by atoms with Gasteiger partial charge in [-0.15, -0.1) is 11.6 Å². The van der Waals surface area contributed by atoms with Gasteiger partial charge in [-0.1, -0.05) is 42.5 Å². The molecular formula is C24H24ClN3O3. The molecule has 7 heteroatoms. The molecule has 0 bridgehead atoms. The number of hydrogen-bond donors (Lipinski definition) is 1. The average molecular weight is 438 g/mol. The number of alkyl halides is 1. The third kappa shape index (κ3) is 5.52. The largest absolute Gasteiger partial charge is 0.444 e. The molecule has 1 N–H and O–H groups in total. The van der Waals surface area contributed by atoms with Crippen LogP contribution in [0.2, 0.25) is 0 Å². The van der Waals surface area contributed by atoms with E-state index in [1.807, 2.05) is 54.6 Å². The number of benzene rings is 2. The molecule has 0 unspecified atom stereocenters. The molecule has 1 fully saturated rings. The van der Waals surface area contributed by atoms with Gasteiger partial charge in [0.25, 0.3) is 5.91 Å². The van der Waals surface area contributed by atoms with Crippen molar-refractivity contribution in [1.29, 1.82) is 0 Å². The lowest BCUT2D eigenvalue weighted by Crippen LogP contribution is -2.38. The Kier molecular flexibility index (Phi) is 6.67. The summed E-state index contributed by atoms with van der Waals surface area (Å²) in [7, 11) is 0. The van der Waals surface area contributed by atoms with Gasteiger partial charge in [0, 0.05) is 30.6 Å². The molecule has 3 aromatic rings. The van der Waals surface area contributed by atoms with Crippen LogP contribution in [0.15, 0.2) is 65.3 Å². The summed E-state index contributed by atoms with van der Waals surface area (Å²) in [4.78, 5) is 30.8. The number of hydrogen-bond acceptors (Lipinski definition) is 4. The van der Waals surface area contributed by atoms with E-state index in [4.69, 9.17) is 16.0 Å². The van der Waals surface area contributed by atoms with Crippen molar-refractivity contribution in [2.45, 2.75) is 31.2 Å². The Labute approximate surface area is 186 Å². The number of nitrogens with zero attached hydrogens (tertiary/aromatic N) is 2. The van der Waals surface area contributed by atoms with Gasteiger partial charge >= 0.3 is 0 Å². The lowest BCUT2D eigenvalue weighted by Gasteiger charge is -2.28. The summed E-state index contributed by atoms with van der Waals surface area (Å²) in [6.07, 6.45) is 3.35. The fourth-order valence-electron chi connectivity index (χ4n) is 3.53. The normalized spacial score (nSPS) is 14.4. The zero-order valence-corrected chi connectivity index (χ0v) is 17.8. The number of oxazole rings is 1. The van der Waals surface area contributed by atoms with Crippen LogP contribution in [0, 0.1) is 0 Å². The molecule has 1 aromatic heterocycles. The van der Waals surface area contributed by atoms with E-state index in [0.717, 1.165) is 29.5 Å². The number of amides is 2. The highest BCUT2D eigenvalue weighted by Gasteiger charge is 2.24. The summed E-state index contributed by atoms with van der Waals surface area (Å²) < 4.78 is 5.53. The number of carbonyl (C=O) groups is 2. The second-order valence-corrected chi connectivity index (χ2v) is 8.26. The summed E-state index contributed by atoms with van der Waals surface area (Å²) in [5.74, 6) is 0.246. The summed E-state index contributed by atoms with van der Waals surface area (Å²) in [5.41, 5.74) is 3.03. The Morgan fingerprint density at radius 3 is 2.45 bits per heavy atom. The van der Waals surface area contributed by atoms with Gasteiger partial charge in [-0.05, 0) is 36.1 Å². The van der Waals surface area contributed by atoms with Gasteiger partial charge in [0.15, 0.2) is 5.69 Å². The molecule has 2 amide bonds. The van der Waals surface area contributed by atoms with Gasteiger partial charge in [-0.25, -0.2) is 4.98 Å².